The Labute approximate surface area is 257 Å². The van der Waals surface area contributed by atoms with E-state index in [1.165, 1.54) is 17.1 Å². The third kappa shape index (κ3) is 5.50. The number of nitrogens with one attached hydrogen (secondary N) is 3. The lowest BCUT2D eigenvalue weighted by Crippen LogP contribution is -2.51. The SMILES string of the molecule is COC1(C(=O)N[C@@H](C)c2cnc(-n3cc(F)cn3)cn2)CCC(c2nc(Nc3cc(C)[nH]n3)c3cnn(C4COC4)c3n2)CC1. The van der Waals surface area contributed by atoms with Gasteiger partial charge in [-0.05, 0) is 39.5 Å². The summed E-state index contributed by atoms with van der Waals surface area (Å²) in [5.41, 5.74) is 1.22. The second-order valence-corrected chi connectivity index (χ2v) is 11.6. The van der Waals surface area contributed by atoms with Gasteiger partial charge in [0.05, 0.1) is 61.3 Å². The smallest absolute Gasteiger partial charge is 0.252 e. The standard InChI is InChI=1S/C29H33FN12O3/c1-16-8-23(40-39-16)36-26-21-10-34-42(20-14-45-15-20)27(21)38-25(37-26)18-4-6-29(44-3,7-5-18)28(43)35-17(2)22-11-32-24(12-31-22)41-13-19(30)9-33-41/h8-13,17-18,20H,4-7,14-15H2,1-3H3,(H,35,43)(H2,36,37,38,39,40)/t17-,18?,29?/m0/s1. The number of fused-ring (bicyclic) bond motifs is 1. The first kappa shape index (κ1) is 28.9. The van der Waals surface area contributed by atoms with Crippen LogP contribution in [0.25, 0.3) is 16.9 Å². The number of halogens is 1. The number of aromatic amines is 1. The third-order valence-corrected chi connectivity index (χ3v) is 8.59. The van der Waals surface area contributed by atoms with Crippen LogP contribution in [0.5, 0.6) is 0 Å². The molecule has 0 bridgehead atoms. The fraction of sp³-hybridized carbons (Fsp3) is 0.448. The van der Waals surface area contributed by atoms with Crippen molar-refractivity contribution in [1.82, 2.24) is 55.0 Å². The maximum Gasteiger partial charge on any atom is 0.252 e. The number of hydrogen-bond donors (Lipinski definition) is 3. The zero-order valence-corrected chi connectivity index (χ0v) is 25.1. The van der Waals surface area contributed by atoms with Crippen LogP contribution in [0.15, 0.2) is 37.1 Å². The molecule has 2 aliphatic rings. The molecular weight excluding hydrogens is 583 g/mol. The predicted molar refractivity (Wildman–Crippen MR) is 158 cm³/mol. The summed E-state index contributed by atoms with van der Waals surface area (Å²) >= 11 is 0. The van der Waals surface area contributed by atoms with Gasteiger partial charge >= 0.3 is 0 Å². The minimum Gasteiger partial charge on any atom is -0.377 e. The Balaban J connectivity index is 1.07. The first-order chi connectivity index (χ1) is 21.8. The van der Waals surface area contributed by atoms with E-state index in [9.17, 15) is 9.18 Å². The monoisotopic (exact) mass is 616 g/mol. The summed E-state index contributed by atoms with van der Waals surface area (Å²) in [5, 5.41) is 22.9. The largest absolute Gasteiger partial charge is 0.377 e. The van der Waals surface area contributed by atoms with Gasteiger partial charge in [0, 0.05) is 24.8 Å². The Morgan fingerprint density at radius 1 is 1.16 bits per heavy atom. The van der Waals surface area contributed by atoms with E-state index in [2.05, 4.69) is 41.0 Å². The highest BCUT2D eigenvalue weighted by Gasteiger charge is 2.43. The first-order valence-electron chi connectivity index (χ1n) is 14.8. The number of carbonyl (C=O) groups excluding carboxylic acids is 1. The molecule has 1 saturated heterocycles. The molecule has 6 heterocycles. The van der Waals surface area contributed by atoms with E-state index >= 15 is 0 Å². The Morgan fingerprint density at radius 3 is 2.60 bits per heavy atom. The van der Waals surface area contributed by atoms with Crippen LogP contribution in [0.3, 0.4) is 0 Å². The number of anilines is 2. The molecular formula is C29H33FN12O3. The minimum absolute atomic E-state index is 0.0101. The molecule has 5 aromatic heterocycles. The molecule has 0 radical (unpaired) electrons. The topological polar surface area (TPSA) is 175 Å². The molecule has 3 N–H and O–H groups in total. The Hall–Kier alpha value is -4.83. The van der Waals surface area contributed by atoms with Crippen LogP contribution in [0.4, 0.5) is 16.0 Å². The number of rotatable bonds is 9. The lowest BCUT2D eigenvalue weighted by Gasteiger charge is -2.38. The van der Waals surface area contributed by atoms with Crippen molar-refractivity contribution in [1.29, 1.82) is 0 Å². The van der Waals surface area contributed by atoms with Gasteiger partial charge in [0.2, 0.25) is 0 Å². The van der Waals surface area contributed by atoms with Crippen LogP contribution in [-0.4, -0.2) is 81.5 Å². The van der Waals surface area contributed by atoms with Crippen LogP contribution in [0, 0.1) is 12.7 Å². The van der Waals surface area contributed by atoms with E-state index in [0.717, 1.165) is 22.9 Å². The predicted octanol–water partition coefficient (Wildman–Crippen LogP) is 3.21. The third-order valence-electron chi connectivity index (χ3n) is 8.59. The second-order valence-electron chi connectivity index (χ2n) is 11.6. The summed E-state index contributed by atoms with van der Waals surface area (Å²) in [6, 6.07) is 1.60. The highest BCUT2D eigenvalue weighted by molar-refractivity contribution is 5.88. The van der Waals surface area contributed by atoms with Crippen LogP contribution < -0.4 is 10.6 Å². The maximum absolute atomic E-state index is 13.6. The molecule has 0 aromatic carbocycles. The highest BCUT2D eigenvalue weighted by atomic mass is 19.1. The van der Waals surface area contributed by atoms with Gasteiger partial charge in [0.25, 0.3) is 5.91 Å². The number of amides is 1. The van der Waals surface area contributed by atoms with Crippen LogP contribution in [0.2, 0.25) is 0 Å². The number of aromatic nitrogens is 10. The van der Waals surface area contributed by atoms with Gasteiger partial charge in [0.1, 0.15) is 23.3 Å². The molecule has 45 heavy (non-hydrogen) atoms. The first-order valence-corrected chi connectivity index (χ1v) is 14.8. The summed E-state index contributed by atoms with van der Waals surface area (Å²) in [7, 11) is 1.57. The molecule has 5 aromatic rings. The summed E-state index contributed by atoms with van der Waals surface area (Å²) in [6.45, 7) is 4.94. The van der Waals surface area contributed by atoms with Crippen molar-refractivity contribution < 1.29 is 18.7 Å². The van der Waals surface area contributed by atoms with Gasteiger partial charge in [-0.2, -0.15) is 15.3 Å². The summed E-state index contributed by atoms with van der Waals surface area (Å²) in [5.74, 6) is 1.67. The number of aryl methyl sites for hydroxylation is 1. The Kier molecular flexibility index (Phi) is 7.45. The number of nitrogens with zero attached hydrogens (tertiary/aromatic N) is 9. The van der Waals surface area contributed by atoms with E-state index in [0.29, 0.717) is 67.9 Å². The molecule has 1 atom stereocenters. The van der Waals surface area contributed by atoms with Crippen LogP contribution in [-0.2, 0) is 14.3 Å². The second kappa shape index (κ2) is 11.6. The number of methoxy groups -OCH3 is 1. The maximum atomic E-state index is 13.6. The lowest BCUT2D eigenvalue weighted by atomic mass is 9.77. The van der Waals surface area contributed by atoms with Gasteiger partial charge < -0.3 is 20.1 Å². The molecule has 0 unspecified atom stereocenters. The Morgan fingerprint density at radius 2 is 1.98 bits per heavy atom. The van der Waals surface area contributed by atoms with Gasteiger partial charge in [-0.1, -0.05) is 0 Å². The molecule has 1 amide bonds. The molecule has 1 aliphatic carbocycles. The molecule has 7 rings (SSSR count). The number of carbonyl (C=O) groups is 1. The van der Waals surface area contributed by atoms with E-state index in [-0.39, 0.29) is 17.9 Å². The molecule has 1 saturated carbocycles. The van der Waals surface area contributed by atoms with Gasteiger partial charge in [-0.15, -0.1) is 0 Å². The van der Waals surface area contributed by atoms with E-state index in [4.69, 9.17) is 19.4 Å². The number of hydrogen-bond acceptors (Lipinski definition) is 11. The van der Waals surface area contributed by atoms with Crippen LogP contribution in [0.1, 0.15) is 67.8 Å². The van der Waals surface area contributed by atoms with Gasteiger partial charge in [0.15, 0.2) is 23.1 Å². The minimum atomic E-state index is -1.01. The molecule has 2 fully saturated rings. The van der Waals surface area contributed by atoms with E-state index in [1.54, 1.807) is 19.5 Å². The quantitative estimate of drug-likeness (QED) is 0.222. The summed E-state index contributed by atoms with van der Waals surface area (Å²) in [4.78, 5) is 32.3. The van der Waals surface area contributed by atoms with Gasteiger partial charge in [-0.3, -0.25) is 14.9 Å². The number of ether oxygens (including phenoxy) is 2. The zero-order chi connectivity index (χ0) is 31.1. The summed E-state index contributed by atoms with van der Waals surface area (Å²) < 4.78 is 27.8. The van der Waals surface area contributed by atoms with Crippen molar-refractivity contribution >= 4 is 28.6 Å². The van der Waals surface area contributed by atoms with E-state index < -0.39 is 17.5 Å². The van der Waals surface area contributed by atoms with Crippen molar-refractivity contribution in [3.8, 4) is 5.82 Å². The zero-order valence-electron chi connectivity index (χ0n) is 25.1. The van der Waals surface area contributed by atoms with Crippen LogP contribution >= 0.6 is 0 Å². The average Bonchev–Trinajstić information content (AvgIpc) is 3.76. The highest BCUT2D eigenvalue weighted by Crippen LogP contribution is 2.40. The molecule has 1 aliphatic heterocycles. The van der Waals surface area contributed by atoms with Crippen molar-refractivity contribution in [3.05, 3.63) is 60.1 Å². The molecule has 234 valence electrons. The van der Waals surface area contributed by atoms with E-state index in [1.807, 2.05) is 24.6 Å². The normalized spacial score (nSPS) is 21.0. The van der Waals surface area contributed by atoms with Crippen molar-refractivity contribution in [3.63, 3.8) is 0 Å². The summed E-state index contributed by atoms with van der Waals surface area (Å²) in [6.07, 6.45) is 9.39. The van der Waals surface area contributed by atoms with Crippen molar-refractivity contribution in [2.24, 2.45) is 0 Å². The van der Waals surface area contributed by atoms with Crippen molar-refractivity contribution in [2.75, 3.05) is 25.6 Å². The Bertz CT molecular complexity index is 1820. The number of H-pyrrole nitrogens is 1. The van der Waals surface area contributed by atoms with Gasteiger partial charge in [-0.25, -0.2) is 28.7 Å². The molecule has 0 spiro atoms. The fourth-order valence-electron chi connectivity index (χ4n) is 5.82. The lowest BCUT2D eigenvalue weighted by molar-refractivity contribution is -0.148. The molecule has 15 nitrogen and oxygen atoms in total. The average molecular weight is 617 g/mol. The molecule has 16 heteroatoms. The fourth-order valence-corrected chi connectivity index (χ4v) is 5.82. The van der Waals surface area contributed by atoms with Crippen molar-refractivity contribution in [2.45, 2.75) is 63.1 Å².